The topological polar surface area (TPSA) is 58.9 Å². The number of benzene rings is 2. The fourth-order valence-corrected chi connectivity index (χ4v) is 8.50. The van der Waals surface area contributed by atoms with Crippen molar-refractivity contribution < 1.29 is 19.4 Å². The summed E-state index contributed by atoms with van der Waals surface area (Å²) in [7, 11) is -1.04. The number of ether oxygens (including phenoxy) is 1. The first-order chi connectivity index (χ1) is 14.4. The molecule has 0 heterocycles. The van der Waals surface area contributed by atoms with Crippen molar-refractivity contribution in [3.05, 3.63) is 60.7 Å². The Balaban J connectivity index is 2.23. The Bertz CT molecular complexity index is 766. The average Bonchev–Trinajstić information content (AvgIpc) is 2.74. The van der Waals surface area contributed by atoms with Crippen LogP contribution in [0.4, 0.5) is 0 Å². The standard InChI is InChI=1S/C25H34O4Si/c1-25(2,3)30(21-13-7-5-8-14-21,22-15-9-6-10-16-22)29-20-12-17-23(27)24(28-4)18-11-19-26/h5-10,13-16,23-24,26-27H,12,17,19-20H2,1-4H3/t23-,24+/m0/s1. The quantitative estimate of drug-likeness (QED) is 0.368. The summed E-state index contributed by atoms with van der Waals surface area (Å²) >= 11 is 0. The van der Waals surface area contributed by atoms with E-state index >= 15 is 0 Å². The van der Waals surface area contributed by atoms with Crippen molar-refractivity contribution in [1.29, 1.82) is 0 Å². The van der Waals surface area contributed by atoms with Crippen LogP contribution in [0.2, 0.25) is 5.04 Å². The predicted molar refractivity (Wildman–Crippen MR) is 124 cm³/mol. The maximum Gasteiger partial charge on any atom is 0.261 e. The van der Waals surface area contributed by atoms with Gasteiger partial charge in [-0.1, -0.05) is 93.3 Å². The molecule has 2 atom stereocenters. The summed E-state index contributed by atoms with van der Waals surface area (Å²) in [4.78, 5) is 0. The van der Waals surface area contributed by atoms with Gasteiger partial charge in [-0.2, -0.15) is 0 Å². The number of methoxy groups -OCH3 is 1. The zero-order valence-corrected chi connectivity index (χ0v) is 19.5. The van der Waals surface area contributed by atoms with E-state index in [1.807, 2.05) is 12.1 Å². The van der Waals surface area contributed by atoms with E-state index in [1.165, 1.54) is 17.5 Å². The highest BCUT2D eigenvalue weighted by Gasteiger charge is 2.49. The second kappa shape index (κ2) is 11.4. The number of hydrogen-bond donors (Lipinski definition) is 2. The van der Waals surface area contributed by atoms with Gasteiger partial charge in [-0.15, -0.1) is 0 Å². The molecule has 2 aromatic rings. The monoisotopic (exact) mass is 426 g/mol. The molecule has 5 heteroatoms. The zero-order valence-electron chi connectivity index (χ0n) is 18.5. The lowest BCUT2D eigenvalue weighted by Crippen LogP contribution is -2.66. The first-order valence-electron chi connectivity index (χ1n) is 10.4. The fourth-order valence-electron chi connectivity index (χ4n) is 3.89. The first-order valence-corrected chi connectivity index (χ1v) is 12.3. The Morgan fingerprint density at radius 2 is 1.50 bits per heavy atom. The highest BCUT2D eigenvalue weighted by atomic mass is 28.4. The summed E-state index contributed by atoms with van der Waals surface area (Å²) in [6, 6.07) is 21.0. The molecule has 2 N–H and O–H groups in total. The Morgan fingerprint density at radius 3 is 1.93 bits per heavy atom. The predicted octanol–water partition coefficient (Wildman–Crippen LogP) is 2.71. The van der Waals surface area contributed by atoms with E-state index in [1.54, 1.807) is 0 Å². The van der Waals surface area contributed by atoms with Crippen LogP contribution in [-0.4, -0.2) is 51.1 Å². The molecule has 0 aliphatic heterocycles. The van der Waals surface area contributed by atoms with Crippen LogP contribution in [0.15, 0.2) is 60.7 Å². The second-order valence-electron chi connectivity index (χ2n) is 8.36. The zero-order chi connectivity index (χ0) is 22.0. The number of aliphatic hydroxyl groups is 2. The molecule has 0 bridgehead atoms. The van der Waals surface area contributed by atoms with Crippen molar-refractivity contribution in [1.82, 2.24) is 0 Å². The van der Waals surface area contributed by atoms with E-state index < -0.39 is 20.5 Å². The van der Waals surface area contributed by atoms with E-state index in [0.717, 1.165) is 0 Å². The molecular formula is C25H34O4Si. The molecule has 0 aliphatic carbocycles. The molecule has 0 saturated heterocycles. The molecule has 162 valence electrons. The van der Waals surface area contributed by atoms with Crippen molar-refractivity contribution in [3.63, 3.8) is 0 Å². The van der Waals surface area contributed by atoms with Gasteiger partial charge in [0.25, 0.3) is 8.32 Å². The fraction of sp³-hybridized carbons (Fsp3) is 0.440. The summed E-state index contributed by atoms with van der Waals surface area (Å²) < 4.78 is 12.1. The lowest BCUT2D eigenvalue weighted by molar-refractivity contribution is 0.0152. The lowest BCUT2D eigenvalue weighted by atomic mass is 10.1. The van der Waals surface area contributed by atoms with Gasteiger partial charge in [0, 0.05) is 13.7 Å². The van der Waals surface area contributed by atoms with Crippen molar-refractivity contribution in [2.75, 3.05) is 20.3 Å². The summed E-state index contributed by atoms with van der Waals surface area (Å²) in [5.41, 5.74) is 0. The second-order valence-corrected chi connectivity index (χ2v) is 12.7. The molecule has 0 aliphatic rings. The van der Waals surface area contributed by atoms with Gasteiger partial charge in [-0.05, 0) is 28.3 Å². The third-order valence-electron chi connectivity index (χ3n) is 5.31. The van der Waals surface area contributed by atoms with Crippen molar-refractivity contribution in [2.45, 2.75) is 50.9 Å². The Hall–Kier alpha value is -1.94. The summed E-state index contributed by atoms with van der Waals surface area (Å²) in [6.07, 6.45) is -0.134. The molecule has 0 saturated carbocycles. The van der Waals surface area contributed by atoms with Crippen molar-refractivity contribution >= 4 is 18.7 Å². The van der Waals surface area contributed by atoms with Gasteiger partial charge in [0.2, 0.25) is 0 Å². The Morgan fingerprint density at radius 1 is 0.967 bits per heavy atom. The first kappa shape index (κ1) is 24.3. The van der Waals surface area contributed by atoms with Gasteiger partial charge in [-0.3, -0.25) is 0 Å². The van der Waals surface area contributed by atoms with Crippen LogP contribution < -0.4 is 10.4 Å². The molecule has 30 heavy (non-hydrogen) atoms. The van der Waals surface area contributed by atoms with Gasteiger partial charge < -0.3 is 19.4 Å². The van der Waals surface area contributed by atoms with Crippen LogP contribution in [0, 0.1) is 11.8 Å². The smallest absolute Gasteiger partial charge is 0.261 e. The molecule has 0 spiro atoms. The van der Waals surface area contributed by atoms with Crippen LogP contribution in [0.3, 0.4) is 0 Å². The van der Waals surface area contributed by atoms with Gasteiger partial charge in [-0.25, -0.2) is 0 Å². The molecule has 2 aromatic carbocycles. The highest BCUT2D eigenvalue weighted by Crippen LogP contribution is 2.36. The molecule has 4 nitrogen and oxygen atoms in total. The summed E-state index contributed by atoms with van der Waals surface area (Å²) in [6.45, 7) is 7.04. The number of aliphatic hydroxyl groups excluding tert-OH is 2. The maximum absolute atomic E-state index is 10.4. The number of rotatable bonds is 9. The summed E-state index contributed by atoms with van der Waals surface area (Å²) in [5.74, 6) is 5.30. The van der Waals surface area contributed by atoms with E-state index in [2.05, 4.69) is 81.1 Å². The molecule has 0 fully saturated rings. The highest BCUT2D eigenvalue weighted by molar-refractivity contribution is 6.99. The SMILES string of the molecule is CO[C@H](C#CCO)[C@@H](O)CCCO[Si](c1ccccc1)(c1ccccc1)C(C)(C)C. The van der Waals surface area contributed by atoms with E-state index in [0.29, 0.717) is 19.4 Å². The van der Waals surface area contributed by atoms with Crippen molar-refractivity contribution in [2.24, 2.45) is 0 Å². The average molecular weight is 427 g/mol. The van der Waals surface area contributed by atoms with E-state index in [4.69, 9.17) is 14.3 Å². The molecule has 0 aromatic heterocycles. The van der Waals surface area contributed by atoms with E-state index in [-0.39, 0.29) is 11.6 Å². The number of hydrogen-bond acceptors (Lipinski definition) is 4. The van der Waals surface area contributed by atoms with Crippen LogP contribution in [0.25, 0.3) is 0 Å². The van der Waals surface area contributed by atoms with Crippen LogP contribution in [-0.2, 0) is 9.16 Å². The van der Waals surface area contributed by atoms with Crippen LogP contribution in [0.1, 0.15) is 33.6 Å². The molecular weight excluding hydrogens is 392 g/mol. The van der Waals surface area contributed by atoms with Gasteiger partial charge in [0.1, 0.15) is 12.7 Å². The molecule has 0 radical (unpaired) electrons. The van der Waals surface area contributed by atoms with Crippen LogP contribution >= 0.6 is 0 Å². The molecule has 0 unspecified atom stereocenters. The van der Waals surface area contributed by atoms with Gasteiger partial charge in [0.05, 0.1) is 6.10 Å². The van der Waals surface area contributed by atoms with Gasteiger partial charge >= 0.3 is 0 Å². The largest absolute Gasteiger partial charge is 0.407 e. The molecule has 0 amide bonds. The minimum atomic E-state index is -2.55. The van der Waals surface area contributed by atoms with Crippen LogP contribution in [0.5, 0.6) is 0 Å². The van der Waals surface area contributed by atoms with E-state index in [9.17, 15) is 5.11 Å². The normalized spacial score (nSPS) is 13.9. The Kier molecular flexibility index (Phi) is 9.28. The lowest BCUT2D eigenvalue weighted by Gasteiger charge is -2.43. The molecule has 2 rings (SSSR count). The van der Waals surface area contributed by atoms with Gasteiger partial charge in [0.15, 0.2) is 0 Å². The Labute approximate surface area is 182 Å². The third kappa shape index (κ3) is 5.81. The maximum atomic E-state index is 10.4. The minimum absolute atomic E-state index is 0.0734. The summed E-state index contributed by atoms with van der Waals surface area (Å²) in [5, 5.41) is 21.7. The third-order valence-corrected chi connectivity index (χ3v) is 10.3. The minimum Gasteiger partial charge on any atom is -0.407 e. The van der Waals surface area contributed by atoms with Crippen molar-refractivity contribution in [3.8, 4) is 11.8 Å².